The van der Waals surface area contributed by atoms with Gasteiger partial charge in [0.25, 0.3) is 0 Å². The zero-order valence-corrected chi connectivity index (χ0v) is 10.0. The monoisotopic (exact) mass is 239 g/mol. The van der Waals surface area contributed by atoms with Gasteiger partial charge < -0.3 is 10.4 Å². The van der Waals surface area contributed by atoms with Crippen LogP contribution in [0.15, 0.2) is 12.3 Å². The first kappa shape index (κ1) is 13.2. The lowest BCUT2D eigenvalue weighted by molar-refractivity contribution is -0.138. The summed E-state index contributed by atoms with van der Waals surface area (Å²) >= 11 is 0. The molecule has 1 aromatic heterocycles. The fourth-order valence-electron chi connectivity index (χ4n) is 1.51. The number of carboxylic acids is 1. The van der Waals surface area contributed by atoms with Crippen molar-refractivity contribution in [3.8, 4) is 0 Å². The van der Waals surface area contributed by atoms with Crippen LogP contribution in [-0.4, -0.2) is 26.8 Å². The number of nitrogens with zero attached hydrogens (tertiary/aromatic N) is 2. The van der Waals surface area contributed by atoms with Gasteiger partial charge in [-0.25, -0.2) is 0 Å². The Balaban J connectivity index is 2.28. The highest BCUT2D eigenvalue weighted by Crippen LogP contribution is 2.07. The summed E-state index contributed by atoms with van der Waals surface area (Å²) in [6.45, 7) is 2.12. The quantitative estimate of drug-likeness (QED) is 0.758. The first-order valence-electron chi connectivity index (χ1n) is 5.44. The van der Waals surface area contributed by atoms with Crippen LogP contribution in [0.2, 0.25) is 0 Å². The number of aryl methyl sites for hydroxylation is 1. The van der Waals surface area contributed by atoms with Crippen molar-refractivity contribution >= 4 is 11.9 Å². The average Bonchev–Trinajstić information content (AvgIpc) is 2.59. The summed E-state index contributed by atoms with van der Waals surface area (Å²) in [5.41, 5.74) is 0.784. The predicted molar refractivity (Wildman–Crippen MR) is 61.1 cm³/mol. The Labute approximate surface area is 99.6 Å². The van der Waals surface area contributed by atoms with Crippen molar-refractivity contribution in [2.75, 3.05) is 0 Å². The molecule has 1 unspecified atom stereocenters. The number of hydrogen-bond acceptors (Lipinski definition) is 3. The lowest BCUT2D eigenvalue weighted by Crippen LogP contribution is -2.25. The molecule has 0 aliphatic heterocycles. The van der Waals surface area contributed by atoms with Crippen molar-refractivity contribution in [3.05, 3.63) is 18.0 Å². The molecule has 0 saturated carbocycles. The van der Waals surface area contributed by atoms with E-state index in [2.05, 4.69) is 10.4 Å². The van der Waals surface area contributed by atoms with E-state index in [1.165, 1.54) is 0 Å². The third-order valence-corrected chi connectivity index (χ3v) is 2.29. The number of aliphatic carboxylic acids is 1. The molecule has 0 fully saturated rings. The van der Waals surface area contributed by atoms with Crippen molar-refractivity contribution in [2.24, 2.45) is 13.0 Å². The molecule has 6 heteroatoms. The molecule has 1 aromatic rings. The molecule has 94 valence electrons. The van der Waals surface area contributed by atoms with Gasteiger partial charge in [-0.1, -0.05) is 6.92 Å². The number of carbonyl (C=O) groups excluding carboxylic acids is 1. The highest BCUT2D eigenvalue weighted by Gasteiger charge is 2.12. The van der Waals surface area contributed by atoms with Gasteiger partial charge >= 0.3 is 5.97 Å². The van der Waals surface area contributed by atoms with Gasteiger partial charge in [-0.15, -0.1) is 0 Å². The zero-order chi connectivity index (χ0) is 12.8. The van der Waals surface area contributed by atoms with E-state index in [1.807, 2.05) is 6.07 Å². The van der Waals surface area contributed by atoms with Gasteiger partial charge in [-0.2, -0.15) is 5.10 Å². The van der Waals surface area contributed by atoms with Gasteiger partial charge in [0, 0.05) is 26.1 Å². The minimum Gasteiger partial charge on any atom is -0.481 e. The van der Waals surface area contributed by atoms with E-state index in [-0.39, 0.29) is 24.7 Å². The molecule has 0 bridgehead atoms. The number of hydrogen-bond donors (Lipinski definition) is 2. The lowest BCUT2D eigenvalue weighted by Gasteiger charge is -2.08. The van der Waals surface area contributed by atoms with Crippen LogP contribution in [0.3, 0.4) is 0 Å². The maximum atomic E-state index is 11.5. The zero-order valence-electron chi connectivity index (χ0n) is 10.0. The second-order valence-corrected chi connectivity index (χ2v) is 4.16. The standard InChI is InChI=1S/C11H17N3O3/c1-8(6-11(16)17)5-10(15)12-7-9-3-4-14(2)13-9/h3-4,8H,5-7H2,1-2H3,(H,12,15)(H,16,17). The van der Waals surface area contributed by atoms with E-state index in [4.69, 9.17) is 5.11 Å². The Morgan fingerprint density at radius 3 is 2.76 bits per heavy atom. The first-order chi connectivity index (χ1) is 7.97. The van der Waals surface area contributed by atoms with Crippen molar-refractivity contribution in [1.82, 2.24) is 15.1 Å². The number of carbonyl (C=O) groups is 2. The molecule has 0 aliphatic rings. The van der Waals surface area contributed by atoms with E-state index < -0.39 is 5.97 Å². The van der Waals surface area contributed by atoms with Crippen LogP contribution >= 0.6 is 0 Å². The van der Waals surface area contributed by atoms with Gasteiger partial charge in [0.1, 0.15) is 0 Å². The fourth-order valence-corrected chi connectivity index (χ4v) is 1.51. The molecule has 2 N–H and O–H groups in total. The van der Waals surface area contributed by atoms with Crippen LogP contribution < -0.4 is 5.32 Å². The van der Waals surface area contributed by atoms with Gasteiger partial charge in [0.15, 0.2) is 0 Å². The van der Waals surface area contributed by atoms with E-state index in [9.17, 15) is 9.59 Å². The van der Waals surface area contributed by atoms with Gasteiger partial charge in [-0.3, -0.25) is 14.3 Å². The second kappa shape index (κ2) is 6.03. The highest BCUT2D eigenvalue weighted by atomic mass is 16.4. The summed E-state index contributed by atoms with van der Waals surface area (Å²) in [7, 11) is 1.81. The number of nitrogens with one attached hydrogen (secondary N) is 1. The van der Waals surface area contributed by atoms with Crippen LogP contribution in [0, 0.1) is 5.92 Å². The normalized spacial score (nSPS) is 12.1. The SMILES string of the molecule is CC(CC(=O)O)CC(=O)NCc1ccn(C)n1. The van der Waals surface area contributed by atoms with Crippen LogP contribution in [0.1, 0.15) is 25.5 Å². The lowest BCUT2D eigenvalue weighted by atomic mass is 10.0. The molecular weight excluding hydrogens is 222 g/mol. The van der Waals surface area contributed by atoms with E-state index in [0.29, 0.717) is 6.54 Å². The maximum Gasteiger partial charge on any atom is 0.303 e. The summed E-state index contributed by atoms with van der Waals surface area (Å²) in [5.74, 6) is -1.18. The Morgan fingerprint density at radius 1 is 1.53 bits per heavy atom. The molecule has 0 aliphatic carbocycles. The minimum absolute atomic E-state index is 0.0109. The van der Waals surface area contributed by atoms with Gasteiger partial charge in [0.2, 0.25) is 5.91 Å². The van der Waals surface area contributed by atoms with Crippen molar-refractivity contribution < 1.29 is 14.7 Å². The molecule has 6 nitrogen and oxygen atoms in total. The van der Waals surface area contributed by atoms with E-state index >= 15 is 0 Å². The number of carboxylic acid groups (broad SMARTS) is 1. The summed E-state index contributed by atoms with van der Waals surface area (Å²) in [4.78, 5) is 21.9. The Kier molecular flexibility index (Phi) is 4.68. The second-order valence-electron chi connectivity index (χ2n) is 4.16. The van der Waals surface area contributed by atoms with Crippen molar-refractivity contribution in [3.63, 3.8) is 0 Å². The topological polar surface area (TPSA) is 84.2 Å². The summed E-state index contributed by atoms with van der Waals surface area (Å²) < 4.78 is 1.66. The number of aromatic nitrogens is 2. The summed E-state index contributed by atoms with van der Waals surface area (Å²) in [6.07, 6.45) is 2.03. The summed E-state index contributed by atoms with van der Waals surface area (Å²) in [5, 5.41) is 15.4. The van der Waals surface area contributed by atoms with Crippen LogP contribution in [0.5, 0.6) is 0 Å². The summed E-state index contributed by atoms with van der Waals surface area (Å²) in [6, 6.07) is 1.82. The number of rotatable bonds is 6. The molecular formula is C11H17N3O3. The predicted octanol–water partition coefficient (Wildman–Crippen LogP) is 0.537. The Bertz CT molecular complexity index is 400. The molecule has 17 heavy (non-hydrogen) atoms. The molecule has 1 atom stereocenters. The minimum atomic E-state index is -0.880. The molecule has 1 rings (SSSR count). The average molecular weight is 239 g/mol. The van der Waals surface area contributed by atoms with E-state index in [1.54, 1.807) is 24.9 Å². The molecule has 0 spiro atoms. The van der Waals surface area contributed by atoms with E-state index in [0.717, 1.165) is 5.69 Å². The third kappa shape index (κ3) is 5.14. The maximum absolute atomic E-state index is 11.5. The van der Waals surface area contributed by atoms with Crippen molar-refractivity contribution in [2.45, 2.75) is 26.3 Å². The molecule has 1 amide bonds. The largest absolute Gasteiger partial charge is 0.481 e. The fraction of sp³-hybridized carbons (Fsp3) is 0.545. The van der Waals surface area contributed by atoms with Crippen LogP contribution in [-0.2, 0) is 23.2 Å². The third-order valence-electron chi connectivity index (χ3n) is 2.29. The highest BCUT2D eigenvalue weighted by molar-refractivity contribution is 5.77. The smallest absolute Gasteiger partial charge is 0.303 e. The number of amides is 1. The van der Waals surface area contributed by atoms with Gasteiger partial charge in [0.05, 0.1) is 12.2 Å². The Hall–Kier alpha value is -1.85. The van der Waals surface area contributed by atoms with Crippen LogP contribution in [0.4, 0.5) is 0 Å². The molecule has 0 saturated heterocycles. The molecule has 0 radical (unpaired) electrons. The van der Waals surface area contributed by atoms with Crippen molar-refractivity contribution in [1.29, 1.82) is 0 Å². The van der Waals surface area contributed by atoms with Crippen LogP contribution in [0.25, 0.3) is 0 Å². The molecule has 0 aromatic carbocycles. The molecule has 1 heterocycles. The van der Waals surface area contributed by atoms with Gasteiger partial charge in [-0.05, 0) is 12.0 Å². The Morgan fingerprint density at radius 2 is 2.24 bits per heavy atom. The first-order valence-corrected chi connectivity index (χ1v) is 5.44.